The van der Waals surface area contributed by atoms with Crippen molar-refractivity contribution in [1.82, 2.24) is 25.2 Å². The van der Waals surface area contributed by atoms with Crippen molar-refractivity contribution >= 4 is 12.0 Å². The van der Waals surface area contributed by atoms with E-state index < -0.39 is 29.1 Å². The van der Waals surface area contributed by atoms with Crippen LogP contribution in [0.25, 0.3) is 11.3 Å². The molecule has 0 aromatic carbocycles. The van der Waals surface area contributed by atoms with Crippen molar-refractivity contribution in [2.24, 2.45) is 0 Å². The van der Waals surface area contributed by atoms with Crippen molar-refractivity contribution in [2.75, 3.05) is 6.54 Å². The number of hydrogen-bond acceptors (Lipinski definition) is 6. The number of carbonyl (C=O) groups excluding carboxylic acids is 2. The first kappa shape index (κ1) is 23.4. The first-order chi connectivity index (χ1) is 14.8. The third kappa shape index (κ3) is 5.14. The number of amides is 2. The first-order valence-corrected chi connectivity index (χ1v) is 9.93. The summed E-state index contributed by atoms with van der Waals surface area (Å²) in [6.45, 7) is 7.38. The van der Waals surface area contributed by atoms with Crippen molar-refractivity contribution in [3.63, 3.8) is 0 Å². The molecule has 1 saturated heterocycles. The van der Waals surface area contributed by atoms with E-state index in [1.54, 1.807) is 33.8 Å². The second-order valence-corrected chi connectivity index (χ2v) is 8.66. The summed E-state index contributed by atoms with van der Waals surface area (Å²) in [6, 6.07) is 3.70. The van der Waals surface area contributed by atoms with Gasteiger partial charge in [-0.05, 0) is 52.3 Å². The Morgan fingerprint density at radius 1 is 1.19 bits per heavy atom. The maximum atomic E-state index is 12.8. The van der Waals surface area contributed by atoms with Crippen LogP contribution in [0.1, 0.15) is 45.5 Å². The van der Waals surface area contributed by atoms with E-state index in [0.717, 1.165) is 12.3 Å². The molecule has 1 atom stereocenters. The van der Waals surface area contributed by atoms with Crippen LogP contribution in [-0.2, 0) is 22.3 Å². The molecule has 8 nitrogen and oxygen atoms in total. The van der Waals surface area contributed by atoms with E-state index in [1.165, 1.54) is 17.3 Å². The minimum absolute atomic E-state index is 0.0557. The summed E-state index contributed by atoms with van der Waals surface area (Å²) in [5.74, 6) is -0.356. The average Bonchev–Trinajstić information content (AvgIpc) is 2.68. The average molecular weight is 451 g/mol. The fraction of sp³-hybridized carbons (Fsp3) is 0.476. The lowest BCUT2D eigenvalue weighted by Crippen LogP contribution is -2.67. The maximum absolute atomic E-state index is 12.8. The van der Waals surface area contributed by atoms with Gasteiger partial charge in [-0.2, -0.15) is 13.2 Å². The molecule has 1 aliphatic rings. The van der Waals surface area contributed by atoms with Crippen LogP contribution >= 0.6 is 0 Å². The van der Waals surface area contributed by atoms with Crippen LogP contribution in [0.15, 0.2) is 30.7 Å². The van der Waals surface area contributed by atoms with Crippen LogP contribution in [0.5, 0.6) is 0 Å². The Bertz CT molecular complexity index is 1000. The monoisotopic (exact) mass is 451 g/mol. The number of rotatable bonds is 4. The summed E-state index contributed by atoms with van der Waals surface area (Å²) < 4.78 is 43.4. The molecule has 3 rings (SSSR count). The van der Waals surface area contributed by atoms with Crippen LogP contribution < -0.4 is 5.32 Å². The normalized spacial score (nSPS) is 18.7. The Morgan fingerprint density at radius 3 is 2.44 bits per heavy atom. The smallest absolute Gasteiger partial charge is 0.433 e. The molecule has 172 valence electrons. The lowest BCUT2D eigenvalue weighted by molar-refractivity contribution is -0.141. The minimum atomic E-state index is -4.52. The second kappa shape index (κ2) is 8.36. The Morgan fingerprint density at radius 2 is 1.91 bits per heavy atom. The molecule has 1 aliphatic heterocycles. The molecular weight excluding hydrogens is 427 g/mol. The topological polar surface area (TPSA) is 97.3 Å². The van der Waals surface area contributed by atoms with Gasteiger partial charge in [-0.25, -0.2) is 14.8 Å². The number of hydrogen-bond donors (Lipinski definition) is 1. The van der Waals surface area contributed by atoms with E-state index in [1.807, 2.05) is 0 Å². The van der Waals surface area contributed by atoms with Crippen molar-refractivity contribution in [3.05, 3.63) is 42.1 Å². The molecule has 0 spiro atoms. The molecule has 2 aromatic heterocycles. The van der Waals surface area contributed by atoms with E-state index >= 15 is 0 Å². The number of pyridine rings is 1. The van der Waals surface area contributed by atoms with Gasteiger partial charge in [0.15, 0.2) is 0 Å². The van der Waals surface area contributed by atoms with Crippen LogP contribution in [0.2, 0.25) is 0 Å². The number of alkyl halides is 3. The third-order valence-corrected chi connectivity index (χ3v) is 5.02. The van der Waals surface area contributed by atoms with E-state index in [4.69, 9.17) is 4.74 Å². The molecule has 32 heavy (non-hydrogen) atoms. The van der Waals surface area contributed by atoms with Crippen molar-refractivity contribution in [3.8, 4) is 11.3 Å². The molecule has 3 heterocycles. The lowest BCUT2D eigenvalue weighted by atomic mass is 9.86. The number of ether oxygens (including phenoxy) is 1. The fourth-order valence-electron chi connectivity index (χ4n) is 3.13. The number of halogens is 3. The molecule has 0 aliphatic carbocycles. The largest absolute Gasteiger partial charge is 0.444 e. The highest BCUT2D eigenvalue weighted by atomic mass is 19.4. The third-order valence-electron chi connectivity index (χ3n) is 5.02. The minimum Gasteiger partial charge on any atom is -0.444 e. The SMILES string of the molecule is CC(C)(C)OC(=O)N1CCC1(C)C(=O)NCc1cc(-c2ccc(C(F)(F)F)nc2)ncn1. The van der Waals surface area contributed by atoms with E-state index in [9.17, 15) is 22.8 Å². The molecule has 2 amide bonds. The zero-order chi connectivity index (χ0) is 23.7. The van der Waals surface area contributed by atoms with Crippen LogP contribution in [0, 0.1) is 0 Å². The van der Waals surface area contributed by atoms with Gasteiger partial charge in [-0.3, -0.25) is 14.7 Å². The summed E-state index contributed by atoms with van der Waals surface area (Å²) in [4.78, 5) is 38.1. The molecular formula is C21H24F3N5O3. The summed E-state index contributed by atoms with van der Waals surface area (Å²) in [6.07, 6.45) is -2.25. The Labute approximate surface area is 183 Å². The van der Waals surface area contributed by atoms with Gasteiger partial charge in [-0.1, -0.05) is 0 Å². The van der Waals surface area contributed by atoms with Crippen LogP contribution in [0.4, 0.5) is 18.0 Å². The quantitative estimate of drug-likeness (QED) is 0.763. The van der Waals surface area contributed by atoms with Gasteiger partial charge in [0, 0.05) is 18.3 Å². The summed E-state index contributed by atoms with van der Waals surface area (Å²) >= 11 is 0. The highest BCUT2D eigenvalue weighted by Gasteiger charge is 2.50. The van der Waals surface area contributed by atoms with Gasteiger partial charge in [-0.15, -0.1) is 0 Å². The molecule has 1 unspecified atom stereocenters. The summed E-state index contributed by atoms with van der Waals surface area (Å²) in [5, 5.41) is 2.75. The molecule has 1 fully saturated rings. The first-order valence-electron chi connectivity index (χ1n) is 9.93. The van der Waals surface area contributed by atoms with Crippen molar-refractivity contribution < 1.29 is 27.5 Å². The molecule has 0 bridgehead atoms. The zero-order valence-electron chi connectivity index (χ0n) is 18.2. The van der Waals surface area contributed by atoms with Crippen molar-refractivity contribution in [2.45, 2.75) is 58.0 Å². The Balaban J connectivity index is 1.65. The van der Waals surface area contributed by atoms with Gasteiger partial charge in [0.25, 0.3) is 0 Å². The second-order valence-electron chi connectivity index (χ2n) is 8.66. The predicted molar refractivity (Wildman–Crippen MR) is 108 cm³/mol. The molecule has 2 aromatic rings. The molecule has 1 N–H and O–H groups in total. The standard InChI is InChI=1S/C21H24F3N5O3/c1-19(2,3)32-18(31)29-8-7-20(29,4)17(30)26-11-14-9-15(28-12-27-14)13-5-6-16(25-10-13)21(22,23)24/h5-6,9-10,12H,7-8,11H2,1-4H3,(H,26,30). The van der Waals surface area contributed by atoms with Gasteiger partial charge in [0.2, 0.25) is 5.91 Å². The Kier molecular flexibility index (Phi) is 6.12. The van der Waals surface area contributed by atoms with Gasteiger partial charge >= 0.3 is 12.3 Å². The molecule has 0 saturated carbocycles. The lowest BCUT2D eigenvalue weighted by Gasteiger charge is -2.48. The highest BCUT2D eigenvalue weighted by Crippen LogP contribution is 2.32. The highest BCUT2D eigenvalue weighted by molar-refractivity contribution is 5.91. The Hall–Kier alpha value is -3.24. The van der Waals surface area contributed by atoms with E-state index in [0.29, 0.717) is 29.9 Å². The molecule has 0 radical (unpaired) electrons. The molecule has 11 heteroatoms. The number of likely N-dealkylation sites (tertiary alicyclic amines) is 1. The van der Waals surface area contributed by atoms with Crippen LogP contribution in [-0.4, -0.2) is 49.5 Å². The number of carbonyl (C=O) groups is 2. The predicted octanol–water partition coefficient (Wildman–Crippen LogP) is 3.57. The maximum Gasteiger partial charge on any atom is 0.433 e. The van der Waals surface area contributed by atoms with E-state index in [2.05, 4.69) is 20.3 Å². The number of aromatic nitrogens is 3. The number of nitrogens with one attached hydrogen (secondary N) is 1. The summed E-state index contributed by atoms with van der Waals surface area (Å²) in [7, 11) is 0. The number of nitrogens with zero attached hydrogens (tertiary/aromatic N) is 4. The van der Waals surface area contributed by atoms with Gasteiger partial charge in [0.05, 0.1) is 17.9 Å². The fourth-order valence-corrected chi connectivity index (χ4v) is 3.13. The zero-order valence-corrected chi connectivity index (χ0v) is 18.2. The van der Waals surface area contributed by atoms with Gasteiger partial charge in [0.1, 0.15) is 23.2 Å². The van der Waals surface area contributed by atoms with Crippen LogP contribution in [0.3, 0.4) is 0 Å². The van der Waals surface area contributed by atoms with E-state index in [-0.39, 0.29) is 12.5 Å². The van der Waals surface area contributed by atoms with Gasteiger partial charge < -0.3 is 10.1 Å². The van der Waals surface area contributed by atoms with Crippen molar-refractivity contribution in [1.29, 1.82) is 0 Å². The summed E-state index contributed by atoms with van der Waals surface area (Å²) in [5.41, 5.74) is -1.49.